The van der Waals surface area contributed by atoms with Crippen molar-refractivity contribution < 1.29 is 4.79 Å². The van der Waals surface area contributed by atoms with E-state index in [1.54, 1.807) is 6.92 Å². The number of H-pyrrole nitrogens is 1. The van der Waals surface area contributed by atoms with Gasteiger partial charge < -0.3 is 15.2 Å². The second-order valence-corrected chi connectivity index (χ2v) is 9.01. The lowest BCUT2D eigenvalue weighted by Crippen LogP contribution is -2.35. The lowest BCUT2D eigenvalue weighted by molar-refractivity contribution is 0.0933. The first kappa shape index (κ1) is 20.8. The zero-order valence-electron chi connectivity index (χ0n) is 17.5. The van der Waals surface area contributed by atoms with Gasteiger partial charge in [0.2, 0.25) is 0 Å². The van der Waals surface area contributed by atoms with Gasteiger partial charge in [-0.05, 0) is 57.3 Å². The smallest absolute Gasteiger partial charge is 0.262 e. The number of carbonyl (C=O) groups is 1. The minimum absolute atomic E-state index is 0.0711. The summed E-state index contributed by atoms with van der Waals surface area (Å²) in [6.45, 7) is 6.82. The fraction of sp³-hybridized carbons (Fsp3) is 0.435. The van der Waals surface area contributed by atoms with E-state index in [0.717, 1.165) is 31.6 Å². The van der Waals surface area contributed by atoms with Crippen molar-refractivity contribution in [1.82, 2.24) is 20.2 Å². The Morgan fingerprint density at radius 1 is 1.20 bits per heavy atom. The highest BCUT2D eigenvalue weighted by Crippen LogP contribution is 2.28. The fourth-order valence-corrected chi connectivity index (χ4v) is 5.32. The van der Waals surface area contributed by atoms with Crippen molar-refractivity contribution in [3.63, 3.8) is 0 Å². The second kappa shape index (κ2) is 9.10. The van der Waals surface area contributed by atoms with Crippen LogP contribution in [0.3, 0.4) is 0 Å². The largest absolute Gasteiger partial charge is 0.344 e. The molecule has 0 bridgehead atoms. The summed E-state index contributed by atoms with van der Waals surface area (Å²) in [6, 6.07) is 10.1. The summed E-state index contributed by atoms with van der Waals surface area (Å²) in [4.78, 5) is 36.4. The van der Waals surface area contributed by atoms with E-state index in [0.29, 0.717) is 26.5 Å². The molecule has 1 aliphatic rings. The number of hydrogen-bond donors (Lipinski definition) is 2. The Hall–Kier alpha value is -2.51. The lowest BCUT2D eigenvalue weighted by atomic mass is 10.0. The number of amides is 1. The number of rotatable bonds is 6. The number of nitrogens with one attached hydrogen (secondary N) is 2. The summed E-state index contributed by atoms with van der Waals surface area (Å²) in [5, 5.41) is 3.74. The molecule has 1 aliphatic heterocycles. The summed E-state index contributed by atoms with van der Waals surface area (Å²) in [5.74, 6) is 0.421. The standard InChI is InChI=1S/C23H28N4O2S/c1-15-19-21(28)24-16(2)25-23(19)30-20(15)22(29)26-18(17-9-5-3-6-10-17)11-14-27-12-7-4-8-13-27/h3,5-6,9-10,18H,4,7-8,11-14H2,1-2H3,(H,26,29)(H,24,25,28). The number of aryl methyl sites for hydroxylation is 2. The molecule has 1 unspecified atom stereocenters. The molecule has 1 saturated heterocycles. The Morgan fingerprint density at radius 3 is 2.67 bits per heavy atom. The van der Waals surface area contributed by atoms with Crippen LogP contribution in [0.1, 0.15) is 58.3 Å². The van der Waals surface area contributed by atoms with Crippen LogP contribution in [-0.4, -0.2) is 40.4 Å². The number of nitrogens with zero attached hydrogens (tertiary/aromatic N) is 2. The van der Waals surface area contributed by atoms with Crippen LogP contribution >= 0.6 is 11.3 Å². The van der Waals surface area contributed by atoms with Gasteiger partial charge >= 0.3 is 0 Å². The highest BCUT2D eigenvalue weighted by molar-refractivity contribution is 7.20. The van der Waals surface area contributed by atoms with Crippen LogP contribution in [0.4, 0.5) is 0 Å². The summed E-state index contributed by atoms with van der Waals surface area (Å²) in [7, 11) is 0. The molecule has 0 spiro atoms. The quantitative estimate of drug-likeness (QED) is 0.628. The maximum Gasteiger partial charge on any atom is 0.262 e. The summed E-state index contributed by atoms with van der Waals surface area (Å²) >= 11 is 1.29. The predicted octanol–water partition coefficient (Wildman–Crippen LogP) is 3.95. The van der Waals surface area contributed by atoms with Gasteiger partial charge in [-0.3, -0.25) is 9.59 Å². The van der Waals surface area contributed by atoms with Crippen LogP contribution in [0.15, 0.2) is 35.1 Å². The van der Waals surface area contributed by atoms with Gasteiger partial charge in [-0.15, -0.1) is 11.3 Å². The average molecular weight is 425 g/mol. The van der Waals surface area contributed by atoms with E-state index in [4.69, 9.17) is 0 Å². The second-order valence-electron chi connectivity index (χ2n) is 8.02. The SMILES string of the molecule is Cc1nc2sc(C(=O)NC(CCN3CCCCC3)c3ccccc3)c(C)c2c(=O)[nH]1. The van der Waals surface area contributed by atoms with Crippen molar-refractivity contribution in [2.45, 2.75) is 45.6 Å². The molecule has 3 heterocycles. The van der Waals surface area contributed by atoms with E-state index in [1.165, 1.54) is 30.6 Å². The molecule has 2 N–H and O–H groups in total. The van der Waals surface area contributed by atoms with E-state index < -0.39 is 0 Å². The Bertz CT molecular complexity index is 1080. The van der Waals surface area contributed by atoms with Crippen molar-refractivity contribution in [2.75, 3.05) is 19.6 Å². The van der Waals surface area contributed by atoms with Gasteiger partial charge in [-0.25, -0.2) is 4.98 Å². The third-order valence-electron chi connectivity index (χ3n) is 5.82. The first-order chi connectivity index (χ1) is 14.5. The Balaban J connectivity index is 1.57. The number of likely N-dealkylation sites (tertiary alicyclic amines) is 1. The zero-order chi connectivity index (χ0) is 21.1. The molecule has 158 valence electrons. The molecule has 3 aromatic rings. The molecule has 2 aromatic heterocycles. The number of carbonyl (C=O) groups excluding carboxylic acids is 1. The number of benzene rings is 1. The molecule has 1 atom stereocenters. The minimum atomic E-state index is -0.185. The average Bonchev–Trinajstić information content (AvgIpc) is 3.09. The molecule has 1 aromatic carbocycles. The number of thiophene rings is 1. The zero-order valence-corrected chi connectivity index (χ0v) is 18.3. The Kier molecular flexibility index (Phi) is 6.29. The third kappa shape index (κ3) is 4.47. The number of piperidine rings is 1. The molecule has 1 amide bonds. The van der Waals surface area contributed by atoms with Gasteiger partial charge in [0.1, 0.15) is 10.7 Å². The molecule has 0 saturated carbocycles. The minimum Gasteiger partial charge on any atom is -0.344 e. The topological polar surface area (TPSA) is 78.1 Å². The summed E-state index contributed by atoms with van der Waals surface area (Å²) in [6.07, 6.45) is 4.68. The first-order valence-corrected chi connectivity index (χ1v) is 11.4. The molecule has 0 aliphatic carbocycles. The molecule has 30 heavy (non-hydrogen) atoms. The lowest BCUT2D eigenvalue weighted by Gasteiger charge is -2.28. The van der Waals surface area contributed by atoms with Gasteiger partial charge in [-0.2, -0.15) is 0 Å². The normalized spacial score (nSPS) is 15.9. The highest BCUT2D eigenvalue weighted by Gasteiger charge is 2.23. The predicted molar refractivity (Wildman–Crippen MR) is 121 cm³/mol. The van der Waals surface area contributed by atoms with Crippen molar-refractivity contribution in [2.24, 2.45) is 0 Å². The summed E-state index contributed by atoms with van der Waals surface area (Å²) in [5.41, 5.74) is 1.62. The Labute approximate surface area is 180 Å². The molecule has 1 fully saturated rings. The maximum absolute atomic E-state index is 13.2. The molecule has 4 rings (SSSR count). The van der Waals surface area contributed by atoms with Crippen LogP contribution in [0.5, 0.6) is 0 Å². The number of aromatic nitrogens is 2. The van der Waals surface area contributed by atoms with Gasteiger partial charge in [0.05, 0.1) is 16.3 Å². The Morgan fingerprint density at radius 2 is 1.93 bits per heavy atom. The van der Waals surface area contributed by atoms with E-state index in [2.05, 4.69) is 32.3 Å². The van der Waals surface area contributed by atoms with E-state index in [1.807, 2.05) is 25.1 Å². The van der Waals surface area contributed by atoms with Crippen LogP contribution in [0, 0.1) is 13.8 Å². The first-order valence-electron chi connectivity index (χ1n) is 10.6. The number of aromatic amines is 1. The number of hydrogen-bond acceptors (Lipinski definition) is 5. The van der Waals surface area contributed by atoms with Gasteiger partial charge in [0.15, 0.2) is 0 Å². The highest BCUT2D eigenvalue weighted by atomic mass is 32.1. The molecular formula is C23H28N4O2S. The molecular weight excluding hydrogens is 396 g/mol. The molecule has 0 radical (unpaired) electrons. The van der Waals surface area contributed by atoms with Gasteiger partial charge in [-0.1, -0.05) is 36.8 Å². The van der Waals surface area contributed by atoms with Crippen molar-refractivity contribution in [3.05, 3.63) is 62.5 Å². The maximum atomic E-state index is 13.2. The van der Waals surface area contributed by atoms with E-state index in [9.17, 15) is 9.59 Å². The van der Waals surface area contributed by atoms with Crippen LogP contribution in [0.2, 0.25) is 0 Å². The summed E-state index contributed by atoms with van der Waals surface area (Å²) < 4.78 is 0. The third-order valence-corrected chi connectivity index (χ3v) is 7.00. The van der Waals surface area contributed by atoms with E-state index in [-0.39, 0.29) is 17.5 Å². The van der Waals surface area contributed by atoms with Crippen LogP contribution in [0.25, 0.3) is 10.2 Å². The van der Waals surface area contributed by atoms with Crippen molar-refractivity contribution in [1.29, 1.82) is 0 Å². The van der Waals surface area contributed by atoms with E-state index >= 15 is 0 Å². The van der Waals surface area contributed by atoms with Crippen molar-refractivity contribution >= 4 is 27.5 Å². The van der Waals surface area contributed by atoms with Crippen LogP contribution < -0.4 is 10.9 Å². The molecule has 7 heteroatoms. The molecule has 6 nitrogen and oxygen atoms in total. The van der Waals surface area contributed by atoms with Crippen molar-refractivity contribution in [3.8, 4) is 0 Å². The fourth-order valence-electron chi connectivity index (χ4n) is 4.19. The van der Waals surface area contributed by atoms with Gasteiger partial charge in [0.25, 0.3) is 11.5 Å². The van der Waals surface area contributed by atoms with Crippen LogP contribution in [-0.2, 0) is 0 Å². The number of fused-ring (bicyclic) bond motifs is 1. The van der Waals surface area contributed by atoms with Gasteiger partial charge in [0, 0.05) is 6.54 Å². The monoisotopic (exact) mass is 424 g/mol.